The molecule has 0 bridgehead atoms. The van der Waals surface area contributed by atoms with Gasteiger partial charge in [0.1, 0.15) is 34.6 Å². The fourth-order valence-corrected chi connectivity index (χ4v) is 2.86. The zero-order valence-corrected chi connectivity index (χ0v) is 14.3. The van der Waals surface area contributed by atoms with Crippen molar-refractivity contribution in [2.24, 2.45) is 0 Å². The third kappa shape index (κ3) is 2.95. The van der Waals surface area contributed by atoms with Gasteiger partial charge in [-0.25, -0.2) is 23.7 Å². The van der Waals surface area contributed by atoms with Crippen molar-refractivity contribution in [1.29, 1.82) is 5.26 Å². The van der Waals surface area contributed by atoms with Crippen LogP contribution in [0.25, 0.3) is 22.4 Å². The van der Waals surface area contributed by atoms with Gasteiger partial charge >= 0.3 is 0 Å². The van der Waals surface area contributed by atoms with Crippen LogP contribution in [0.2, 0.25) is 0 Å². The summed E-state index contributed by atoms with van der Waals surface area (Å²) in [5, 5.41) is 9.05. The molecule has 3 aromatic heterocycles. The minimum atomic E-state index is -0.769. The molecule has 0 atom stereocenters. The first-order valence-corrected chi connectivity index (χ1v) is 8.04. The van der Waals surface area contributed by atoms with Gasteiger partial charge in [0.25, 0.3) is 0 Å². The fraction of sp³-hybridized carbons (Fsp3) is 0.0556. The van der Waals surface area contributed by atoms with Crippen LogP contribution >= 0.6 is 0 Å². The lowest BCUT2D eigenvalue weighted by molar-refractivity contribution is 0.547. The minimum Gasteiger partial charge on any atom is -0.399 e. The van der Waals surface area contributed by atoms with E-state index in [0.717, 1.165) is 12.1 Å². The number of nitrogens with zero attached hydrogens (tertiary/aromatic N) is 6. The van der Waals surface area contributed by atoms with Gasteiger partial charge in [0.05, 0.1) is 12.9 Å². The molecule has 138 valence electrons. The van der Waals surface area contributed by atoms with Gasteiger partial charge in [-0.05, 0) is 24.3 Å². The number of aromatic nitrogens is 5. The summed E-state index contributed by atoms with van der Waals surface area (Å²) >= 11 is 0. The van der Waals surface area contributed by atoms with Gasteiger partial charge < -0.3 is 16.0 Å². The van der Waals surface area contributed by atoms with Crippen molar-refractivity contribution in [3.05, 3.63) is 59.7 Å². The largest absolute Gasteiger partial charge is 0.399 e. The first-order chi connectivity index (χ1) is 13.5. The zero-order valence-electron chi connectivity index (χ0n) is 14.3. The number of nitrogens with two attached hydrogens (primary N) is 2. The Kier molecular flexibility index (Phi) is 4.04. The molecule has 28 heavy (non-hydrogen) atoms. The molecule has 0 aliphatic heterocycles. The van der Waals surface area contributed by atoms with Gasteiger partial charge in [-0.2, -0.15) is 10.2 Å². The quantitative estimate of drug-likeness (QED) is 0.522. The van der Waals surface area contributed by atoms with Gasteiger partial charge in [0.15, 0.2) is 5.65 Å². The summed E-state index contributed by atoms with van der Waals surface area (Å²) < 4.78 is 29.8. The molecule has 0 unspecified atom stereocenters. The number of anilines is 2. The van der Waals surface area contributed by atoms with E-state index >= 15 is 0 Å². The molecule has 3 heterocycles. The number of pyridine rings is 1. The van der Waals surface area contributed by atoms with E-state index in [1.54, 1.807) is 12.1 Å². The highest BCUT2D eigenvalue weighted by molar-refractivity contribution is 5.88. The maximum absolute atomic E-state index is 14.2. The number of hydrogen-bond donors (Lipinski definition) is 2. The van der Waals surface area contributed by atoms with Crippen LogP contribution < -0.4 is 11.5 Å². The highest BCUT2D eigenvalue weighted by Crippen LogP contribution is 2.27. The van der Waals surface area contributed by atoms with E-state index in [-0.39, 0.29) is 29.4 Å². The average molecular weight is 378 g/mol. The standard InChI is InChI=1S/C18H12F2N8/c19-13-4-10(22)5-14(20)12(13)7-28-8-25-16-15(26-18(23)27-17(16)28)9-1-2-24-11(3-9)6-21/h1-5,8H,7,22H2,(H2,23,26,27). The van der Waals surface area contributed by atoms with E-state index in [4.69, 9.17) is 16.7 Å². The second-order valence-corrected chi connectivity index (χ2v) is 5.98. The zero-order chi connectivity index (χ0) is 19.8. The van der Waals surface area contributed by atoms with Gasteiger partial charge in [0, 0.05) is 23.0 Å². The molecule has 0 amide bonds. The number of rotatable bonds is 3. The van der Waals surface area contributed by atoms with Crippen molar-refractivity contribution < 1.29 is 8.78 Å². The SMILES string of the molecule is N#Cc1cc(-c2nc(N)nc3c2ncn3Cc2c(F)cc(N)cc2F)ccn1. The Morgan fingerprint density at radius 2 is 1.82 bits per heavy atom. The number of hydrogen-bond acceptors (Lipinski definition) is 7. The molecular formula is C18H12F2N8. The van der Waals surface area contributed by atoms with Crippen molar-refractivity contribution in [3.8, 4) is 17.3 Å². The summed E-state index contributed by atoms with van der Waals surface area (Å²) in [6.45, 7) is -0.163. The number of imidazole rings is 1. The number of fused-ring (bicyclic) bond motifs is 1. The van der Waals surface area contributed by atoms with Crippen molar-refractivity contribution in [2.75, 3.05) is 11.5 Å². The Hall–Kier alpha value is -4.13. The topological polar surface area (TPSA) is 132 Å². The number of nitrogen functional groups attached to an aromatic ring is 2. The molecule has 0 radical (unpaired) electrons. The van der Waals surface area contributed by atoms with E-state index in [1.165, 1.54) is 17.1 Å². The summed E-state index contributed by atoms with van der Waals surface area (Å²) in [4.78, 5) is 16.5. The molecule has 0 spiro atoms. The Balaban J connectivity index is 1.85. The van der Waals surface area contributed by atoms with Crippen molar-refractivity contribution in [3.63, 3.8) is 0 Å². The first kappa shape index (κ1) is 17.3. The van der Waals surface area contributed by atoms with Crippen molar-refractivity contribution in [1.82, 2.24) is 24.5 Å². The normalized spacial score (nSPS) is 10.9. The van der Waals surface area contributed by atoms with E-state index in [2.05, 4.69) is 19.9 Å². The molecule has 10 heteroatoms. The lowest BCUT2D eigenvalue weighted by Gasteiger charge is -2.09. The fourth-order valence-electron chi connectivity index (χ4n) is 2.86. The molecule has 0 saturated carbocycles. The molecule has 0 aliphatic rings. The average Bonchev–Trinajstić information content (AvgIpc) is 3.06. The second-order valence-electron chi connectivity index (χ2n) is 5.98. The summed E-state index contributed by atoms with van der Waals surface area (Å²) in [5.41, 5.74) is 12.9. The molecule has 4 N–H and O–H groups in total. The van der Waals surface area contributed by atoms with Crippen LogP contribution in [0.1, 0.15) is 11.3 Å². The predicted molar refractivity (Wildman–Crippen MR) is 97.6 cm³/mol. The molecule has 0 saturated heterocycles. The van der Waals surface area contributed by atoms with Crippen LogP contribution in [0.5, 0.6) is 0 Å². The highest BCUT2D eigenvalue weighted by Gasteiger charge is 2.17. The van der Waals surface area contributed by atoms with Crippen LogP contribution in [-0.2, 0) is 6.54 Å². The molecule has 1 aromatic carbocycles. The van der Waals surface area contributed by atoms with Crippen molar-refractivity contribution >= 4 is 22.8 Å². The molecule has 4 rings (SSSR count). The van der Waals surface area contributed by atoms with Gasteiger partial charge in [-0.15, -0.1) is 0 Å². The third-order valence-electron chi connectivity index (χ3n) is 4.12. The minimum absolute atomic E-state index is 0.00548. The second kappa shape index (κ2) is 6.55. The Morgan fingerprint density at radius 3 is 2.54 bits per heavy atom. The maximum Gasteiger partial charge on any atom is 0.222 e. The van der Waals surface area contributed by atoms with Gasteiger partial charge in [0.2, 0.25) is 5.95 Å². The van der Waals surface area contributed by atoms with Crippen LogP contribution in [0, 0.1) is 23.0 Å². The maximum atomic E-state index is 14.2. The van der Waals surface area contributed by atoms with Crippen molar-refractivity contribution in [2.45, 2.75) is 6.54 Å². The third-order valence-corrected chi connectivity index (χ3v) is 4.12. The number of benzene rings is 1. The van der Waals surface area contributed by atoms with E-state index in [1.807, 2.05) is 6.07 Å². The highest BCUT2D eigenvalue weighted by atomic mass is 19.1. The molecule has 4 aromatic rings. The first-order valence-electron chi connectivity index (χ1n) is 8.04. The lowest BCUT2D eigenvalue weighted by Crippen LogP contribution is -2.07. The summed E-state index contributed by atoms with van der Waals surface area (Å²) in [5.74, 6) is -1.58. The lowest BCUT2D eigenvalue weighted by atomic mass is 10.1. The molecule has 0 aliphatic carbocycles. The van der Waals surface area contributed by atoms with E-state index in [9.17, 15) is 8.78 Å². The van der Waals surface area contributed by atoms with Crippen LogP contribution in [-0.4, -0.2) is 24.5 Å². The Bertz CT molecular complexity index is 1240. The Labute approximate surface area is 157 Å². The Morgan fingerprint density at radius 1 is 1.07 bits per heavy atom. The number of halogens is 2. The molecule has 8 nitrogen and oxygen atoms in total. The van der Waals surface area contributed by atoms with Crippen LogP contribution in [0.15, 0.2) is 36.8 Å². The summed E-state index contributed by atoms with van der Waals surface area (Å²) in [6, 6.07) is 7.24. The van der Waals surface area contributed by atoms with E-state index < -0.39 is 11.6 Å². The van der Waals surface area contributed by atoms with Gasteiger partial charge in [-0.1, -0.05) is 0 Å². The van der Waals surface area contributed by atoms with E-state index in [0.29, 0.717) is 22.4 Å². The summed E-state index contributed by atoms with van der Waals surface area (Å²) in [6.07, 6.45) is 2.86. The van der Waals surface area contributed by atoms with Crippen LogP contribution in [0.4, 0.5) is 20.4 Å². The van der Waals surface area contributed by atoms with Crippen LogP contribution in [0.3, 0.4) is 0 Å². The monoisotopic (exact) mass is 378 g/mol. The summed E-state index contributed by atoms with van der Waals surface area (Å²) in [7, 11) is 0. The smallest absolute Gasteiger partial charge is 0.222 e. The van der Waals surface area contributed by atoms with Gasteiger partial charge in [-0.3, -0.25) is 0 Å². The molecular weight excluding hydrogens is 366 g/mol. The number of nitriles is 1. The predicted octanol–water partition coefficient (Wildman–Crippen LogP) is 2.25. The molecule has 0 fully saturated rings.